The average Bonchev–Trinajstić information content (AvgIpc) is 3.19. The number of amides is 1. The number of nitrogens with one attached hydrogen (secondary N) is 1. The monoisotopic (exact) mass is 489 g/mol. The summed E-state index contributed by atoms with van der Waals surface area (Å²) < 4.78 is 40.0. The first-order chi connectivity index (χ1) is 15.2. The van der Waals surface area contributed by atoms with E-state index in [0.29, 0.717) is 26.2 Å². The van der Waals surface area contributed by atoms with Gasteiger partial charge in [0, 0.05) is 42.5 Å². The van der Waals surface area contributed by atoms with Crippen LogP contribution in [-0.2, 0) is 10.0 Å². The van der Waals surface area contributed by atoms with E-state index >= 15 is 0 Å². The molecule has 2 heterocycles. The van der Waals surface area contributed by atoms with Crippen molar-refractivity contribution < 1.29 is 17.6 Å². The third kappa shape index (κ3) is 4.24. The average molecular weight is 490 g/mol. The summed E-state index contributed by atoms with van der Waals surface area (Å²) in [4.78, 5) is 18.1. The lowest BCUT2D eigenvalue weighted by atomic mass is 10.1. The van der Waals surface area contributed by atoms with Gasteiger partial charge in [-0.1, -0.05) is 29.8 Å². The Bertz CT molecular complexity index is 1450. The van der Waals surface area contributed by atoms with Crippen molar-refractivity contribution in [2.45, 2.75) is 4.90 Å². The lowest BCUT2D eigenvalue weighted by Crippen LogP contribution is -2.22. The van der Waals surface area contributed by atoms with Gasteiger partial charge in [0.15, 0.2) is 0 Å². The number of carbonyl (C=O) groups is 1. The molecule has 10 heteroatoms. The molecule has 2 aromatic heterocycles. The van der Waals surface area contributed by atoms with Gasteiger partial charge in [-0.15, -0.1) is 11.3 Å². The highest BCUT2D eigenvalue weighted by molar-refractivity contribution is 7.89. The number of nitrogens with zero attached hydrogens (tertiary/aromatic N) is 2. The van der Waals surface area contributed by atoms with Crippen LogP contribution in [0.15, 0.2) is 65.7 Å². The molecule has 0 saturated carbocycles. The molecule has 32 heavy (non-hydrogen) atoms. The molecule has 0 fully saturated rings. The number of sulfonamides is 1. The molecule has 1 N–H and O–H groups in total. The summed E-state index contributed by atoms with van der Waals surface area (Å²) in [5.74, 6) is -0.774. The Morgan fingerprint density at radius 3 is 2.59 bits per heavy atom. The van der Waals surface area contributed by atoms with Crippen LogP contribution in [0.3, 0.4) is 0 Å². The van der Waals surface area contributed by atoms with E-state index in [-0.39, 0.29) is 21.4 Å². The minimum Gasteiger partial charge on any atom is -0.321 e. The molecular weight excluding hydrogens is 473 g/mol. The highest BCUT2D eigenvalue weighted by atomic mass is 35.5. The second-order valence-electron chi connectivity index (χ2n) is 7.10. The number of rotatable bonds is 5. The number of hydrogen-bond acceptors (Lipinski definition) is 5. The van der Waals surface area contributed by atoms with Crippen molar-refractivity contribution in [2.24, 2.45) is 0 Å². The molecule has 0 aliphatic heterocycles. The van der Waals surface area contributed by atoms with Crippen molar-refractivity contribution in [3.63, 3.8) is 0 Å². The van der Waals surface area contributed by atoms with Crippen LogP contribution in [0.25, 0.3) is 21.3 Å². The number of halogens is 2. The van der Waals surface area contributed by atoms with Gasteiger partial charge in [-0.25, -0.2) is 22.1 Å². The molecule has 4 rings (SSSR count). The van der Waals surface area contributed by atoms with E-state index in [9.17, 15) is 17.6 Å². The predicted molar refractivity (Wildman–Crippen MR) is 125 cm³/mol. The van der Waals surface area contributed by atoms with Crippen molar-refractivity contribution in [3.05, 3.63) is 76.5 Å². The van der Waals surface area contributed by atoms with Gasteiger partial charge in [-0.3, -0.25) is 4.79 Å². The summed E-state index contributed by atoms with van der Waals surface area (Å²) >= 11 is 7.24. The maximum Gasteiger partial charge on any atom is 0.265 e. The van der Waals surface area contributed by atoms with Crippen LogP contribution in [0.4, 0.5) is 10.1 Å². The summed E-state index contributed by atoms with van der Waals surface area (Å²) in [7, 11) is -0.975. The molecule has 0 aliphatic carbocycles. The third-order valence-electron chi connectivity index (χ3n) is 4.73. The van der Waals surface area contributed by atoms with Crippen molar-refractivity contribution in [3.8, 4) is 11.1 Å². The summed E-state index contributed by atoms with van der Waals surface area (Å²) in [6, 6.07) is 14.1. The fourth-order valence-electron chi connectivity index (χ4n) is 3.06. The zero-order valence-electron chi connectivity index (χ0n) is 17.0. The zero-order valence-corrected chi connectivity index (χ0v) is 19.4. The van der Waals surface area contributed by atoms with Crippen LogP contribution >= 0.6 is 22.9 Å². The van der Waals surface area contributed by atoms with E-state index in [1.54, 1.807) is 36.5 Å². The van der Waals surface area contributed by atoms with Crippen LogP contribution < -0.4 is 5.32 Å². The molecule has 0 bridgehead atoms. The lowest BCUT2D eigenvalue weighted by molar-refractivity contribution is 0.103. The number of anilines is 1. The molecule has 0 aliphatic rings. The Morgan fingerprint density at radius 1 is 1.12 bits per heavy atom. The molecule has 1 amide bonds. The van der Waals surface area contributed by atoms with Crippen LogP contribution in [0, 0.1) is 5.82 Å². The van der Waals surface area contributed by atoms with Crippen LogP contribution in [0.2, 0.25) is 5.02 Å². The van der Waals surface area contributed by atoms with E-state index in [1.807, 2.05) is 0 Å². The fourth-order valence-corrected chi connectivity index (χ4v) is 5.33. The van der Waals surface area contributed by atoms with Gasteiger partial charge in [0.25, 0.3) is 5.91 Å². The highest BCUT2D eigenvalue weighted by Gasteiger charge is 2.22. The Labute approximate surface area is 193 Å². The summed E-state index contributed by atoms with van der Waals surface area (Å²) in [6.45, 7) is 0. The first kappa shape index (κ1) is 22.3. The van der Waals surface area contributed by atoms with Gasteiger partial charge in [0.1, 0.15) is 15.5 Å². The Balaban J connectivity index is 1.63. The number of hydrogen-bond donors (Lipinski definition) is 1. The Hall–Kier alpha value is -2.85. The number of carbonyl (C=O) groups excluding carboxylic acids is 1. The topological polar surface area (TPSA) is 79.4 Å². The molecule has 0 spiro atoms. The van der Waals surface area contributed by atoms with E-state index in [4.69, 9.17) is 11.6 Å². The van der Waals surface area contributed by atoms with Crippen molar-refractivity contribution >= 4 is 54.8 Å². The second-order valence-corrected chi connectivity index (χ2v) is 10.7. The standard InChI is InChI=1S/C22H17ClFN3O3S2/c1-27(2)32(29,30)20-11-15(7-8-17(20)23)26-21(28)19-10-13-9-14(12-25-22(13)31-19)16-5-3-4-6-18(16)24/h3-12H,1-2H3,(H,26,28). The number of aromatic nitrogens is 1. The minimum atomic E-state index is -3.77. The van der Waals surface area contributed by atoms with Crippen molar-refractivity contribution in [1.82, 2.24) is 9.29 Å². The van der Waals surface area contributed by atoms with E-state index < -0.39 is 15.9 Å². The zero-order chi connectivity index (χ0) is 23.0. The molecule has 0 radical (unpaired) electrons. The summed E-state index contributed by atoms with van der Waals surface area (Å²) in [6.07, 6.45) is 1.57. The highest BCUT2D eigenvalue weighted by Crippen LogP contribution is 2.31. The number of fused-ring (bicyclic) bond motifs is 1. The Kier molecular flexibility index (Phi) is 6.00. The first-order valence-electron chi connectivity index (χ1n) is 9.35. The van der Waals surface area contributed by atoms with E-state index in [1.165, 1.54) is 49.7 Å². The third-order valence-corrected chi connectivity index (χ3v) is 8.08. The fraction of sp³-hybridized carbons (Fsp3) is 0.0909. The quantitative estimate of drug-likeness (QED) is 0.415. The first-order valence-corrected chi connectivity index (χ1v) is 12.0. The maximum absolute atomic E-state index is 14.1. The van der Waals surface area contributed by atoms with Gasteiger partial charge in [-0.05, 0) is 36.4 Å². The predicted octanol–water partition coefficient (Wildman–Crippen LogP) is 5.26. The Morgan fingerprint density at radius 2 is 1.88 bits per heavy atom. The summed E-state index contributed by atoms with van der Waals surface area (Å²) in [5.41, 5.74) is 1.32. The van der Waals surface area contributed by atoms with Crippen LogP contribution in [0.5, 0.6) is 0 Å². The number of pyridine rings is 1. The molecular formula is C22H17ClFN3O3S2. The number of thiophene rings is 1. The van der Waals surface area contributed by atoms with Gasteiger partial charge in [-0.2, -0.15) is 0 Å². The minimum absolute atomic E-state index is 0.0587. The molecule has 4 aromatic rings. The smallest absolute Gasteiger partial charge is 0.265 e. The van der Waals surface area contributed by atoms with Crippen molar-refractivity contribution in [1.29, 1.82) is 0 Å². The second kappa shape index (κ2) is 8.59. The van der Waals surface area contributed by atoms with Gasteiger partial charge < -0.3 is 5.32 Å². The van der Waals surface area contributed by atoms with Crippen molar-refractivity contribution in [2.75, 3.05) is 19.4 Å². The number of benzene rings is 2. The largest absolute Gasteiger partial charge is 0.321 e. The molecule has 0 saturated heterocycles. The molecule has 0 unspecified atom stereocenters. The SMILES string of the molecule is CN(C)S(=O)(=O)c1cc(NC(=O)c2cc3cc(-c4ccccc4F)cnc3s2)ccc1Cl. The molecule has 0 atom stereocenters. The van der Waals surface area contributed by atoms with E-state index in [0.717, 1.165) is 4.31 Å². The molecule has 6 nitrogen and oxygen atoms in total. The van der Waals surface area contributed by atoms with E-state index in [2.05, 4.69) is 10.3 Å². The van der Waals surface area contributed by atoms with Gasteiger partial charge >= 0.3 is 0 Å². The van der Waals surface area contributed by atoms with Gasteiger partial charge in [0.2, 0.25) is 10.0 Å². The van der Waals surface area contributed by atoms with Crippen LogP contribution in [0.1, 0.15) is 9.67 Å². The molecule has 2 aromatic carbocycles. The van der Waals surface area contributed by atoms with Gasteiger partial charge in [0.05, 0.1) is 9.90 Å². The molecule has 164 valence electrons. The normalized spacial score (nSPS) is 11.8. The summed E-state index contributed by atoms with van der Waals surface area (Å²) in [5, 5.41) is 3.46. The maximum atomic E-state index is 14.1. The van der Waals surface area contributed by atoms with Crippen LogP contribution in [-0.4, -0.2) is 37.7 Å². The lowest BCUT2D eigenvalue weighted by Gasteiger charge is -2.14.